The minimum atomic E-state index is 0.646. The van der Waals surface area contributed by atoms with E-state index in [0.29, 0.717) is 6.04 Å². The molecular formula is C13H23N3S. The zero-order valence-electron chi connectivity index (χ0n) is 11.1. The van der Waals surface area contributed by atoms with Gasteiger partial charge in [0.1, 0.15) is 0 Å². The minimum Gasteiger partial charge on any atom is -0.347 e. The van der Waals surface area contributed by atoms with Gasteiger partial charge in [-0.15, -0.1) is 11.3 Å². The Morgan fingerprint density at radius 3 is 2.76 bits per heavy atom. The second-order valence-electron chi connectivity index (χ2n) is 4.82. The molecule has 0 spiro atoms. The fourth-order valence-electron chi connectivity index (χ4n) is 2.28. The molecule has 1 aromatic rings. The van der Waals surface area contributed by atoms with Crippen molar-refractivity contribution >= 4 is 16.5 Å². The average molecular weight is 253 g/mol. The summed E-state index contributed by atoms with van der Waals surface area (Å²) in [6.07, 6.45) is 4.00. The van der Waals surface area contributed by atoms with E-state index in [2.05, 4.69) is 36.0 Å². The number of likely N-dealkylation sites (N-methyl/N-ethyl adjacent to an activating group) is 1. The summed E-state index contributed by atoms with van der Waals surface area (Å²) >= 11 is 1.82. The Hall–Kier alpha value is -0.610. The van der Waals surface area contributed by atoms with Gasteiger partial charge in [0.2, 0.25) is 0 Å². The van der Waals surface area contributed by atoms with Crippen LogP contribution in [0.5, 0.6) is 0 Å². The normalized spacial score (nSPS) is 20.5. The molecule has 2 heterocycles. The van der Waals surface area contributed by atoms with Gasteiger partial charge < -0.3 is 10.2 Å². The first-order chi connectivity index (χ1) is 8.20. The van der Waals surface area contributed by atoms with Gasteiger partial charge >= 0.3 is 0 Å². The molecule has 0 amide bonds. The maximum absolute atomic E-state index is 4.66. The van der Waals surface area contributed by atoms with Gasteiger partial charge in [0.15, 0.2) is 5.13 Å². The van der Waals surface area contributed by atoms with Crippen molar-refractivity contribution in [3.8, 4) is 0 Å². The van der Waals surface area contributed by atoms with Crippen molar-refractivity contribution < 1.29 is 0 Å². The van der Waals surface area contributed by atoms with Gasteiger partial charge in [-0.1, -0.05) is 6.42 Å². The molecule has 1 aliphatic rings. The van der Waals surface area contributed by atoms with Gasteiger partial charge in [-0.3, -0.25) is 0 Å². The van der Waals surface area contributed by atoms with Gasteiger partial charge in [-0.25, -0.2) is 4.98 Å². The third-order valence-electron chi connectivity index (χ3n) is 3.52. The molecule has 1 atom stereocenters. The van der Waals surface area contributed by atoms with Crippen LogP contribution in [0.25, 0.3) is 0 Å². The Labute approximate surface area is 108 Å². The van der Waals surface area contributed by atoms with Crippen LogP contribution >= 0.6 is 11.3 Å². The highest BCUT2D eigenvalue weighted by Gasteiger charge is 2.18. The van der Waals surface area contributed by atoms with Crippen molar-refractivity contribution in [2.75, 3.05) is 24.5 Å². The van der Waals surface area contributed by atoms with Crippen LogP contribution < -0.4 is 10.2 Å². The Kier molecular flexibility index (Phi) is 4.40. The molecule has 1 aromatic heterocycles. The Morgan fingerprint density at radius 1 is 1.41 bits per heavy atom. The van der Waals surface area contributed by atoms with E-state index in [-0.39, 0.29) is 0 Å². The second-order valence-corrected chi connectivity index (χ2v) is 6.01. The van der Waals surface area contributed by atoms with E-state index >= 15 is 0 Å². The zero-order valence-corrected chi connectivity index (χ0v) is 11.9. The lowest BCUT2D eigenvalue weighted by atomic mass is 10.0. The van der Waals surface area contributed by atoms with Gasteiger partial charge in [0, 0.05) is 24.0 Å². The molecule has 0 saturated carbocycles. The molecule has 0 aliphatic carbocycles. The van der Waals surface area contributed by atoms with Gasteiger partial charge in [-0.2, -0.15) is 0 Å². The van der Waals surface area contributed by atoms with Crippen molar-refractivity contribution in [1.82, 2.24) is 10.3 Å². The third-order valence-corrected chi connectivity index (χ3v) is 4.66. The molecule has 96 valence electrons. The van der Waals surface area contributed by atoms with Crippen molar-refractivity contribution in [3.63, 3.8) is 0 Å². The molecular weight excluding hydrogens is 230 g/mol. The van der Waals surface area contributed by atoms with E-state index in [1.807, 2.05) is 11.3 Å². The summed E-state index contributed by atoms with van der Waals surface area (Å²) in [5.41, 5.74) is 1.18. The zero-order chi connectivity index (χ0) is 12.3. The Bertz CT molecular complexity index is 336. The van der Waals surface area contributed by atoms with Crippen LogP contribution in [-0.4, -0.2) is 30.7 Å². The van der Waals surface area contributed by atoms with Crippen molar-refractivity contribution in [3.05, 3.63) is 10.6 Å². The number of aromatic nitrogens is 1. The van der Waals surface area contributed by atoms with Crippen LogP contribution in [0.3, 0.4) is 0 Å². The van der Waals surface area contributed by atoms with Crippen LogP contribution in [-0.2, 0) is 0 Å². The molecule has 4 heteroatoms. The van der Waals surface area contributed by atoms with Crippen LogP contribution in [0.4, 0.5) is 5.13 Å². The quantitative estimate of drug-likeness (QED) is 0.894. The largest absolute Gasteiger partial charge is 0.347 e. The molecule has 0 radical (unpaired) electrons. The van der Waals surface area contributed by atoms with E-state index in [1.165, 1.54) is 41.5 Å². The molecule has 2 rings (SSSR count). The van der Waals surface area contributed by atoms with E-state index in [4.69, 9.17) is 0 Å². The van der Waals surface area contributed by atoms with Crippen LogP contribution in [0.1, 0.15) is 36.8 Å². The number of anilines is 1. The monoisotopic (exact) mass is 253 g/mol. The van der Waals surface area contributed by atoms with Crippen LogP contribution in [0, 0.1) is 13.8 Å². The van der Waals surface area contributed by atoms with E-state index in [0.717, 1.165) is 13.1 Å². The molecule has 0 aromatic carbocycles. The molecule has 1 N–H and O–H groups in total. The number of nitrogens with zero attached hydrogens (tertiary/aromatic N) is 2. The van der Waals surface area contributed by atoms with Crippen molar-refractivity contribution in [2.45, 2.75) is 46.1 Å². The van der Waals surface area contributed by atoms with Crippen LogP contribution in [0.2, 0.25) is 0 Å². The maximum Gasteiger partial charge on any atom is 0.185 e. The maximum atomic E-state index is 4.66. The highest BCUT2D eigenvalue weighted by Crippen LogP contribution is 2.25. The lowest BCUT2D eigenvalue weighted by Gasteiger charge is -2.29. The molecule has 0 bridgehead atoms. The van der Waals surface area contributed by atoms with E-state index < -0.39 is 0 Å². The van der Waals surface area contributed by atoms with E-state index in [1.54, 1.807) is 0 Å². The number of hydrogen-bond acceptors (Lipinski definition) is 4. The predicted octanol–water partition coefficient (Wildman–Crippen LogP) is 2.73. The summed E-state index contributed by atoms with van der Waals surface area (Å²) in [7, 11) is 0. The predicted molar refractivity (Wildman–Crippen MR) is 75.1 cm³/mol. The topological polar surface area (TPSA) is 28.2 Å². The number of rotatable bonds is 4. The lowest BCUT2D eigenvalue weighted by molar-refractivity contribution is 0.400. The highest BCUT2D eigenvalue weighted by molar-refractivity contribution is 7.15. The standard InChI is InChI=1S/C13H23N3S/c1-4-16(9-12-7-5-6-8-14-12)13-15-10(2)11(3)17-13/h12,14H,4-9H2,1-3H3. The average Bonchev–Trinajstić information content (AvgIpc) is 2.68. The summed E-state index contributed by atoms with van der Waals surface area (Å²) in [6, 6.07) is 0.646. The van der Waals surface area contributed by atoms with Crippen molar-refractivity contribution in [1.29, 1.82) is 0 Å². The second kappa shape index (κ2) is 5.83. The fourth-order valence-corrected chi connectivity index (χ4v) is 3.26. The summed E-state index contributed by atoms with van der Waals surface area (Å²) in [4.78, 5) is 8.42. The summed E-state index contributed by atoms with van der Waals surface area (Å²) in [5.74, 6) is 0. The first kappa shape index (κ1) is 12.8. The number of aryl methyl sites for hydroxylation is 2. The Morgan fingerprint density at radius 2 is 2.24 bits per heavy atom. The number of piperidine rings is 1. The highest BCUT2D eigenvalue weighted by atomic mass is 32.1. The Balaban J connectivity index is 2.00. The number of thiazole rings is 1. The molecule has 1 fully saturated rings. The fraction of sp³-hybridized carbons (Fsp3) is 0.769. The van der Waals surface area contributed by atoms with Gasteiger partial charge in [-0.05, 0) is 40.2 Å². The van der Waals surface area contributed by atoms with Gasteiger partial charge in [0.25, 0.3) is 0 Å². The first-order valence-corrected chi connectivity index (χ1v) is 7.44. The summed E-state index contributed by atoms with van der Waals surface area (Å²) in [6.45, 7) is 9.80. The summed E-state index contributed by atoms with van der Waals surface area (Å²) < 4.78 is 0. The smallest absolute Gasteiger partial charge is 0.185 e. The third kappa shape index (κ3) is 3.19. The number of nitrogens with one attached hydrogen (secondary N) is 1. The SMILES string of the molecule is CCN(CC1CCCCN1)c1nc(C)c(C)s1. The van der Waals surface area contributed by atoms with Crippen LogP contribution in [0.15, 0.2) is 0 Å². The molecule has 1 saturated heterocycles. The molecule has 1 aliphatic heterocycles. The minimum absolute atomic E-state index is 0.646. The lowest BCUT2D eigenvalue weighted by Crippen LogP contribution is -2.43. The first-order valence-electron chi connectivity index (χ1n) is 6.63. The summed E-state index contributed by atoms with van der Waals surface area (Å²) in [5, 5.41) is 4.80. The number of hydrogen-bond donors (Lipinski definition) is 1. The van der Waals surface area contributed by atoms with E-state index in [9.17, 15) is 0 Å². The van der Waals surface area contributed by atoms with Crippen molar-refractivity contribution in [2.24, 2.45) is 0 Å². The molecule has 3 nitrogen and oxygen atoms in total. The molecule has 1 unspecified atom stereocenters. The van der Waals surface area contributed by atoms with Gasteiger partial charge in [0.05, 0.1) is 5.69 Å². The molecule has 17 heavy (non-hydrogen) atoms.